The second-order valence-corrected chi connectivity index (χ2v) is 5.26. The van der Waals surface area contributed by atoms with Crippen LogP contribution in [-0.2, 0) is 6.42 Å². The molecule has 20 heavy (non-hydrogen) atoms. The molecule has 0 spiro atoms. The van der Waals surface area contributed by atoms with Gasteiger partial charge in [0.05, 0.1) is 0 Å². The van der Waals surface area contributed by atoms with Crippen molar-refractivity contribution in [2.24, 2.45) is 0 Å². The van der Waals surface area contributed by atoms with Gasteiger partial charge in [0, 0.05) is 18.7 Å². The summed E-state index contributed by atoms with van der Waals surface area (Å²) in [6.45, 7) is 0.363. The number of urea groups is 1. The van der Waals surface area contributed by atoms with E-state index in [2.05, 4.69) is 10.6 Å². The largest absolute Gasteiger partial charge is 0.338 e. The maximum Gasteiger partial charge on any atom is 0.315 e. The monoisotopic (exact) mass is 282 g/mol. The molecule has 0 aromatic heterocycles. The maximum absolute atomic E-state index is 13.0. The standard InChI is InChI=1S/C15H20F2N2O/c16-12-8-11(9-13(17)10-12)6-7-18-15(20)19-14-4-2-1-3-5-14/h8-10,14H,1-7H2,(H2,18,19,20). The number of carbonyl (C=O) groups is 1. The highest BCUT2D eigenvalue weighted by Gasteiger charge is 2.15. The third-order valence-corrected chi connectivity index (χ3v) is 3.56. The minimum Gasteiger partial charge on any atom is -0.338 e. The molecule has 1 aromatic rings. The molecule has 1 aliphatic rings. The summed E-state index contributed by atoms with van der Waals surface area (Å²) in [6, 6.07) is 3.46. The summed E-state index contributed by atoms with van der Waals surface area (Å²) < 4.78 is 26.0. The van der Waals surface area contributed by atoms with Crippen molar-refractivity contribution in [3.8, 4) is 0 Å². The highest BCUT2D eigenvalue weighted by atomic mass is 19.1. The molecule has 0 bridgehead atoms. The van der Waals surface area contributed by atoms with Crippen molar-refractivity contribution in [3.63, 3.8) is 0 Å². The van der Waals surface area contributed by atoms with Gasteiger partial charge >= 0.3 is 6.03 Å². The van der Waals surface area contributed by atoms with Crippen LogP contribution in [0.5, 0.6) is 0 Å². The van der Waals surface area contributed by atoms with E-state index in [1.807, 2.05) is 0 Å². The van der Waals surface area contributed by atoms with Crippen molar-refractivity contribution >= 4 is 6.03 Å². The van der Waals surface area contributed by atoms with Crippen molar-refractivity contribution in [1.82, 2.24) is 10.6 Å². The molecule has 0 heterocycles. The Morgan fingerprint density at radius 2 is 1.75 bits per heavy atom. The van der Waals surface area contributed by atoms with Crippen LogP contribution in [-0.4, -0.2) is 18.6 Å². The van der Waals surface area contributed by atoms with Gasteiger partial charge in [0.15, 0.2) is 0 Å². The minimum absolute atomic E-state index is 0.200. The smallest absolute Gasteiger partial charge is 0.315 e. The molecule has 0 aliphatic heterocycles. The van der Waals surface area contributed by atoms with Gasteiger partial charge in [0.25, 0.3) is 0 Å². The quantitative estimate of drug-likeness (QED) is 0.875. The Bertz CT molecular complexity index is 439. The number of rotatable bonds is 4. The molecule has 1 aromatic carbocycles. The summed E-state index contributed by atoms with van der Waals surface area (Å²) >= 11 is 0. The molecule has 5 heteroatoms. The van der Waals surface area contributed by atoms with Crippen LogP contribution in [0.2, 0.25) is 0 Å². The second-order valence-electron chi connectivity index (χ2n) is 5.26. The number of amides is 2. The fourth-order valence-electron chi connectivity index (χ4n) is 2.56. The van der Waals surface area contributed by atoms with Crippen molar-refractivity contribution in [1.29, 1.82) is 0 Å². The van der Waals surface area contributed by atoms with Crippen LogP contribution < -0.4 is 10.6 Å². The predicted octanol–water partition coefficient (Wildman–Crippen LogP) is 3.14. The highest BCUT2D eigenvalue weighted by Crippen LogP contribution is 2.17. The first kappa shape index (κ1) is 14.8. The van der Waals surface area contributed by atoms with E-state index < -0.39 is 11.6 Å². The van der Waals surface area contributed by atoms with Crippen LogP contribution in [0, 0.1) is 11.6 Å². The Morgan fingerprint density at radius 3 is 2.40 bits per heavy atom. The first-order valence-corrected chi connectivity index (χ1v) is 7.13. The zero-order chi connectivity index (χ0) is 14.4. The topological polar surface area (TPSA) is 41.1 Å². The number of halogens is 2. The number of hydrogen-bond acceptors (Lipinski definition) is 1. The Labute approximate surface area is 117 Å². The van der Waals surface area contributed by atoms with Crippen LogP contribution in [0.25, 0.3) is 0 Å². The molecule has 0 unspecified atom stereocenters. The Morgan fingerprint density at radius 1 is 1.10 bits per heavy atom. The maximum atomic E-state index is 13.0. The Balaban J connectivity index is 1.70. The molecule has 2 amide bonds. The fourth-order valence-corrected chi connectivity index (χ4v) is 2.56. The fraction of sp³-hybridized carbons (Fsp3) is 0.533. The van der Waals surface area contributed by atoms with E-state index in [1.165, 1.54) is 18.6 Å². The van der Waals surface area contributed by atoms with Crippen molar-refractivity contribution < 1.29 is 13.6 Å². The number of carbonyl (C=O) groups excluding carboxylic acids is 1. The molecule has 110 valence electrons. The molecule has 1 aliphatic carbocycles. The zero-order valence-electron chi connectivity index (χ0n) is 11.4. The van der Waals surface area contributed by atoms with Crippen LogP contribution >= 0.6 is 0 Å². The lowest BCUT2D eigenvalue weighted by Gasteiger charge is -2.22. The van der Waals surface area contributed by atoms with E-state index in [0.717, 1.165) is 31.7 Å². The molecule has 3 nitrogen and oxygen atoms in total. The molecule has 0 saturated heterocycles. The van der Waals surface area contributed by atoms with Crippen LogP contribution in [0.4, 0.5) is 13.6 Å². The molecule has 1 saturated carbocycles. The van der Waals surface area contributed by atoms with Crippen LogP contribution in [0.1, 0.15) is 37.7 Å². The molecule has 1 fully saturated rings. The molecule has 2 N–H and O–H groups in total. The van der Waals surface area contributed by atoms with Gasteiger partial charge < -0.3 is 10.6 Å². The molecule has 0 radical (unpaired) electrons. The van der Waals surface area contributed by atoms with Crippen molar-refractivity contribution in [3.05, 3.63) is 35.4 Å². The van der Waals surface area contributed by atoms with Gasteiger partial charge in [-0.1, -0.05) is 19.3 Å². The summed E-state index contributed by atoms with van der Waals surface area (Å²) in [5, 5.41) is 5.65. The zero-order valence-corrected chi connectivity index (χ0v) is 11.4. The van der Waals surface area contributed by atoms with Crippen molar-refractivity contribution in [2.75, 3.05) is 6.54 Å². The van der Waals surface area contributed by atoms with Crippen molar-refractivity contribution in [2.45, 2.75) is 44.6 Å². The van der Waals surface area contributed by atoms with E-state index in [9.17, 15) is 13.6 Å². The summed E-state index contributed by atoms with van der Waals surface area (Å²) in [7, 11) is 0. The summed E-state index contributed by atoms with van der Waals surface area (Å²) in [6.07, 6.45) is 6.03. The lowest BCUT2D eigenvalue weighted by Crippen LogP contribution is -2.43. The van der Waals surface area contributed by atoms with Gasteiger partial charge in [0.2, 0.25) is 0 Å². The highest BCUT2D eigenvalue weighted by molar-refractivity contribution is 5.74. The molecular weight excluding hydrogens is 262 g/mol. The number of nitrogens with one attached hydrogen (secondary N) is 2. The van der Waals surface area contributed by atoms with Gasteiger partial charge in [-0.3, -0.25) is 0 Å². The third kappa shape index (κ3) is 4.79. The van der Waals surface area contributed by atoms with Gasteiger partial charge in [-0.05, 0) is 37.0 Å². The van der Waals surface area contributed by atoms with Crippen LogP contribution in [0.15, 0.2) is 18.2 Å². The predicted molar refractivity (Wildman–Crippen MR) is 73.5 cm³/mol. The average molecular weight is 282 g/mol. The normalized spacial score (nSPS) is 15.9. The lowest BCUT2D eigenvalue weighted by atomic mass is 9.96. The van der Waals surface area contributed by atoms with Gasteiger partial charge in [-0.25, -0.2) is 13.6 Å². The van der Waals surface area contributed by atoms with Gasteiger partial charge in [-0.2, -0.15) is 0 Å². The van der Waals surface area contributed by atoms with E-state index in [0.29, 0.717) is 18.5 Å². The van der Waals surface area contributed by atoms with E-state index in [4.69, 9.17) is 0 Å². The first-order chi connectivity index (χ1) is 9.63. The minimum atomic E-state index is -0.591. The third-order valence-electron chi connectivity index (χ3n) is 3.56. The molecule has 2 rings (SSSR count). The molecular formula is C15H20F2N2O. The number of hydrogen-bond donors (Lipinski definition) is 2. The number of benzene rings is 1. The van der Waals surface area contributed by atoms with Crippen LogP contribution in [0.3, 0.4) is 0 Å². The first-order valence-electron chi connectivity index (χ1n) is 7.13. The van der Waals surface area contributed by atoms with Gasteiger partial charge in [0.1, 0.15) is 11.6 Å². The molecule has 0 atom stereocenters. The summed E-state index contributed by atoms with van der Waals surface area (Å²) in [5.74, 6) is -1.18. The van der Waals surface area contributed by atoms with E-state index in [1.54, 1.807) is 0 Å². The van der Waals surface area contributed by atoms with Gasteiger partial charge in [-0.15, -0.1) is 0 Å². The Hall–Kier alpha value is -1.65. The lowest BCUT2D eigenvalue weighted by molar-refractivity contribution is 0.233. The summed E-state index contributed by atoms with van der Waals surface area (Å²) in [4.78, 5) is 11.7. The Kier molecular flexibility index (Phi) is 5.32. The summed E-state index contributed by atoms with van der Waals surface area (Å²) in [5.41, 5.74) is 0.542. The van der Waals surface area contributed by atoms with E-state index >= 15 is 0 Å². The SMILES string of the molecule is O=C(NCCc1cc(F)cc(F)c1)NC1CCCCC1. The average Bonchev–Trinajstić information content (AvgIpc) is 2.38. The second kappa shape index (κ2) is 7.22. The van der Waals surface area contributed by atoms with E-state index in [-0.39, 0.29) is 12.1 Å².